The van der Waals surface area contributed by atoms with Crippen LogP contribution in [0.4, 0.5) is 5.69 Å². The van der Waals surface area contributed by atoms with Crippen molar-refractivity contribution < 1.29 is 9.59 Å². The Morgan fingerprint density at radius 2 is 1.89 bits per heavy atom. The fourth-order valence-electron chi connectivity index (χ4n) is 4.14. The van der Waals surface area contributed by atoms with Gasteiger partial charge in [-0.2, -0.15) is 0 Å². The van der Waals surface area contributed by atoms with Crippen molar-refractivity contribution in [2.45, 2.75) is 43.4 Å². The summed E-state index contributed by atoms with van der Waals surface area (Å²) in [5.41, 5.74) is 2.69. The zero-order valence-electron chi connectivity index (χ0n) is 16.2. The first-order valence-electron chi connectivity index (χ1n) is 9.45. The Morgan fingerprint density at radius 1 is 1.18 bits per heavy atom. The number of rotatable bonds is 3. The molecule has 0 unspecified atom stereocenters. The first kappa shape index (κ1) is 19.3. The largest absolute Gasteiger partial charge is 0.314 e. The number of anilines is 1. The molecular weight excluding hydrogens is 392 g/mol. The van der Waals surface area contributed by atoms with Crippen molar-refractivity contribution in [1.82, 2.24) is 4.90 Å². The number of thioether (sulfide) groups is 1. The molecule has 1 spiro atoms. The first-order valence-corrected chi connectivity index (χ1v) is 10.6. The molecule has 6 heteroatoms. The lowest BCUT2D eigenvalue weighted by Gasteiger charge is -2.33. The van der Waals surface area contributed by atoms with Crippen LogP contribution in [0.5, 0.6) is 0 Å². The Labute approximate surface area is 174 Å². The third-order valence-corrected chi connectivity index (χ3v) is 7.11. The summed E-state index contributed by atoms with van der Waals surface area (Å²) in [6.45, 7) is 7.00. The molecule has 2 aliphatic heterocycles. The highest BCUT2D eigenvalue weighted by molar-refractivity contribution is 8.02. The van der Waals surface area contributed by atoms with Crippen molar-refractivity contribution in [3.63, 3.8) is 0 Å². The average molecular weight is 415 g/mol. The van der Waals surface area contributed by atoms with E-state index in [1.807, 2.05) is 49.4 Å². The van der Waals surface area contributed by atoms with E-state index in [9.17, 15) is 9.59 Å². The lowest BCUT2D eigenvalue weighted by atomic mass is 10.0. The molecule has 1 saturated heterocycles. The van der Waals surface area contributed by atoms with Crippen molar-refractivity contribution in [2.75, 3.05) is 11.4 Å². The number of benzene rings is 2. The standard InChI is InChI=1S/C22H23ClN2O2S/c1-4-19(26)25-14-21(2,3)28-22(25)17-12-16(23)10-11-18(17)24(20(22)27)13-15-8-6-5-7-9-15/h5-12H,4,13-14H2,1-3H3/t22-/m0/s1. The van der Waals surface area contributed by atoms with Gasteiger partial charge in [0, 0.05) is 28.3 Å². The van der Waals surface area contributed by atoms with Gasteiger partial charge in [-0.15, -0.1) is 11.8 Å². The highest BCUT2D eigenvalue weighted by atomic mass is 35.5. The van der Waals surface area contributed by atoms with Gasteiger partial charge < -0.3 is 9.80 Å². The van der Waals surface area contributed by atoms with E-state index < -0.39 is 4.87 Å². The maximum Gasteiger partial charge on any atom is 0.268 e. The van der Waals surface area contributed by atoms with Crippen molar-refractivity contribution in [3.05, 3.63) is 64.7 Å². The average Bonchev–Trinajstić information content (AvgIpc) is 3.08. The predicted octanol–water partition coefficient (Wildman–Crippen LogP) is 4.80. The van der Waals surface area contributed by atoms with E-state index in [1.165, 1.54) is 0 Å². The van der Waals surface area contributed by atoms with Gasteiger partial charge in [-0.05, 0) is 37.6 Å². The van der Waals surface area contributed by atoms with Crippen LogP contribution in [0.2, 0.25) is 5.02 Å². The van der Waals surface area contributed by atoms with E-state index in [0.717, 1.165) is 16.8 Å². The van der Waals surface area contributed by atoms with Gasteiger partial charge in [0.15, 0.2) is 4.87 Å². The zero-order chi connectivity index (χ0) is 20.1. The third kappa shape index (κ3) is 2.92. The summed E-state index contributed by atoms with van der Waals surface area (Å²) >= 11 is 7.89. The molecule has 1 atom stereocenters. The maximum absolute atomic E-state index is 13.9. The van der Waals surface area contributed by atoms with E-state index in [2.05, 4.69) is 13.8 Å². The molecule has 0 aromatic heterocycles. The number of hydrogen-bond acceptors (Lipinski definition) is 3. The summed E-state index contributed by atoms with van der Waals surface area (Å²) in [6, 6.07) is 15.5. The van der Waals surface area contributed by atoms with Crippen LogP contribution in [0.3, 0.4) is 0 Å². The normalized spacial score (nSPS) is 22.8. The molecule has 4 rings (SSSR count). The molecule has 2 heterocycles. The second kappa shape index (κ2) is 6.82. The molecule has 2 aliphatic rings. The van der Waals surface area contributed by atoms with Crippen molar-refractivity contribution in [1.29, 1.82) is 0 Å². The van der Waals surface area contributed by atoms with Crippen LogP contribution in [0, 0.1) is 0 Å². The smallest absolute Gasteiger partial charge is 0.268 e. The molecular formula is C22H23ClN2O2S. The minimum Gasteiger partial charge on any atom is -0.314 e. The minimum absolute atomic E-state index is 0.0149. The Balaban J connectivity index is 1.87. The highest BCUT2D eigenvalue weighted by Crippen LogP contribution is 2.60. The quantitative estimate of drug-likeness (QED) is 0.724. The van der Waals surface area contributed by atoms with E-state index >= 15 is 0 Å². The van der Waals surface area contributed by atoms with Crippen LogP contribution in [0.25, 0.3) is 0 Å². The number of fused-ring (bicyclic) bond motifs is 2. The van der Waals surface area contributed by atoms with Gasteiger partial charge in [-0.3, -0.25) is 9.59 Å². The van der Waals surface area contributed by atoms with Gasteiger partial charge in [-0.25, -0.2) is 0 Å². The fourth-order valence-corrected chi connectivity index (χ4v) is 6.05. The van der Waals surface area contributed by atoms with Crippen LogP contribution < -0.4 is 4.90 Å². The summed E-state index contributed by atoms with van der Waals surface area (Å²) in [6.07, 6.45) is 0.361. The molecule has 1 fully saturated rings. The Kier molecular flexibility index (Phi) is 4.71. The fraction of sp³-hybridized carbons (Fsp3) is 0.364. The van der Waals surface area contributed by atoms with E-state index in [-0.39, 0.29) is 16.6 Å². The maximum atomic E-state index is 13.9. The summed E-state index contributed by atoms with van der Waals surface area (Å²) in [7, 11) is 0. The van der Waals surface area contributed by atoms with Gasteiger partial charge in [0.1, 0.15) is 0 Å². The topological polar surface area (TPSA) is 40.6 Å². The van der Waals surface area contributed by atoms with Gasteiger partial charge in [-0.1, -0.05) is 48.9 Å². The molecule has 28 heavy (non-hydrogen) atoms. The third-order valence-electron chi connectivity index (χ3n) is 5.28. The molecule has 2 aromatic carbocycles. The Bertz CT molecular complexity index is 947. The van der Waals surface area contributed by atoms with Crippen LogP contribution >= 0.6 is 23.4 Å². The number of halogens is 1. The number of hydrogen-bond donors (Lipinski definition) is 0. The van der Waals surface area contributed by atoms with Gasteiger partial charge in [0.05, 0.1) is 12.2 Å². The van der Waals surface area contributed by atoms with Crippen molar-refractivity contribution >= 4 is 40.9 Å². The molecule has 4 nitrogen and oxygen atoms in total. The van der Waals surface area contributed by atoms with Crippen molar-refractivity contribution in [3.8, 4) is 0 Å². The molecule has 2 aromatic rings. The van der Waals surface area contributed by atoms with E-state index in [1.54, 1.807) is 27.6 Å². The number of nitrogens with zero attached hydrogens (tertiary/aromatic N) is 2. The second-order valence-electron chi connectivity index (χ2n) is 7.88. The molecule has 0 radical (unpaired) electrons. The lowest BCUT2D eigenvalue weighted by molar-refractivity contribution is -0.140. The molecule has 146 valence electrons. The minimum atomic E-state index is -1.05. The van der Waals surface area contributed by atoms with Crippen LogP contribution in [-0.4, -0.2) is 28.0 Å². The summed E-state index contributed by atoms with van der Waals surface area (Å²) in [5, 5.41) is 0.571. The monoisotopic (exact) mass is 414 g/mol. The first-order chi connectivity index (χ1) is 13.3. The second-order valence-corrected chi connectivity index (χ2v) is 10.2. The molecule has 0 N–H and O–H groups in total. The molecule has 2 amide bonds. The predicted molar refractivity (Wildman–Crippen MR) is 114 cm³/mol. The van der Waals surface area contributed by atoms with Gasteiger partial charge in [0.25, 0.3) is 5.91 Å². The molecule has 0 aliphatic carbocycles. The van der Waals surface area contributed by atoms with Crippen molar-refractivity contribution in [2.24, 2.45) is 0 Å². The molecule has 0 saturated carbocycles. The Hall–Kier alpha value is -1.98. The number of amides is 2. The van der Waals surface area contributed by atoms with Gasteiger partial charge >= 0.3 is 0 Å². The summed E-state index contributed by atoms with van der Waals surface area (Å²) in [5.74, 6) is -0.0788. The Morgan fingerprint density at radius 3 is 2.57 bits per heavy atom. The number of carbonyl (C=O) groups excluding carboxylic acids is 2. The summed E-state index contributed by atoms with van der Waals surface area (Å²) in [4.78, 5) is 29.3. The molecule has 0 bridgehead atoms. The van der Waals surface area contributed by atoms with Crippen LogP contribution in [0.1, 0.15) is 38.3 Å². The number of carbonyl (C=O) groups is 2. The van der Waals surface area contributed by atoms with Crippen LogP contribution in [0.15, 0.2) is 48.5 Å². The SMILES string of the molecule is CCC(=O)N1CC(C)(C)S[C@@]12C(=O)N(Cc1ccccc1)c1ccc(Cl)cc12. The lowest BCUT2D eigenvalue weighted by Crippen LogP contribution is -2.50. The van der Waals surface area contributed by atoms with Crippen LogP contribution in [-0.2, 0) is 21.0 Å². The zero-order valence-corrected chi connectivity index (χ0v) is 17.8. The van der Waals surface area contributed by atoms with Gasteiger partial charge in [0.2, 0.25) is 5.91 Å². The highest BCUT2D eigenvalue weighted by Gasteiger charge is 2.63. The van der Waals surface area contributed by atoms with E-state index in [0.29, 0.717) is 24.5 Å². The summed E-state index contributed by atoms with van der Waals surface area (Å²) < 4.78 is -0.233. The van der Waals surface area contributed by atoms with E-state index in [4.69, 9.17) is 11.6 Å².